The Labute approximate surface area is 190 Å². The second-order valence-corrected chi connectivity index (χ2v) is 11.1. The number of rotatable bonds is 10. The third-order valence-corrected chi connectivity index (χ3v) is 7.58. The minimum atomic E-state index is -3.78. The monoisotopic (exact) mass is 501 g/mol. The van der Waals surface area contributed by atoms with Crippen LogP contribution in [0.4, 0.5) is 4.79 Å². The molecule has 1 amide bonds. The molecule has 0 aliphatic carbocycles. The third kappa shape index (κ3) is 6.22. The Hall–Kier alpha value is -2.60. The number of nitrogens with one attached hydrogen (secondary N) is 1. The molecular formula is C20H20ClNO8S2. The van der Waals surface area contributed by atoms with Crippen LogP contribution in [0.2, 0.25) is 0 Å². The predicted molar refractivity (Wildman–Crippen MR) is 117 cm³/mol. The smallest absolute Gasteiger partial charge is 0.407 e. The molecule has 0 fully saturated rings. The molecular weight excluding hydrogens is 482 g/mol. The lowest BCUT2D eigenvalue weighted by molar-refractivity contribution is 0.0986. The van der Waals surface area contributed by atoms with Crippen molar-refractivity contribution in [1.29, 1.82) is 0 Å². The molecule has 0 radical (unpaired) electrons. The Balaban J connectivity index is 1.29. The van der Waals surface area contributed by atoms with E-state index in [0.29, 0.717) is 11.3 Å². The third-order valence-electron chi connectivity index (χ3n) is 4.33. The van der Waals surface area contributed by atoms with Crippen LogP contribution >= 0.6 is 10.7 Å². The summed E-state index contributed by atoms with van der Waals surface area (Å²) in [5, 5.41) is 2.47. The summed E-state index contributed by atoms with van der Waals surface area (Å²) in [6.07, 6.45) is 0.731. The molecule has 9 nitrogen and oxygen atoms in total. The van der Waals surface area contributed by atoms with E-state index < -0.39 is 25.0 Å². The molecule has 2 aromatic carbocycles. The minimum absolute atomic E-state index is 0.0212. The maximum absolute atomic E-state index is 12.4. The van der Waals surface area contributed by atoms with E-state index in [1.54, 1.807) is 18.2 Å². The van der Waals surface area contributed by atoms with Gasteiger partial charge in [0.1, 0.15) is 19.0 Å². The van der Waals surface area contributed by atoms with Crippen molar-refractivity contribution in [1.82, 2.24) is 5.32 Å². The van der Waals surface area contributed by atoms with Crippen molar-refractivity contribution >= 4 is 41.7 Å². The summed E-state index contributed by atoms with van der Waals surface area (Å²) >= 11 is 0. The maximum Gasteiger partial charge on any atom is 0.407 e. The van der Waals surface area contributed by atoms with Gasteiger partial charge >= 0.3 is 6.09 Å². The Morgan fingerprint density at radius 1 is 1.00 bits per heavy atom. The summed E-state index contributed by atoms with van der Waals surface area (Å²) in [7, 11) is -2.17. The van der Waals surface area contributed by atoms with E-state index in [2.05, 4.69) is 5.32 Å². The van der Waals surface area contributed by atoms with Crippen LogP contribution in [-0.2, 0) is 28.4 Å². The summed E-state index contributed by atoms with van der Waals surface area (Å²) < 4.78 is 62.8. The number of fused-ring (bicyclic) bond motifs is 1. The number of ether oxygens (including phenoxy) is 3. The molecule has 1 heterocycles. The highest BCUT2D eigenvalue weighted by Crippen LogP contribution is 2.32. The molecule has 0 saturated carbocycles. The zero-order valence-electron chi connectivity index (χ0n) is 16.7. The average molecular weight is 502 g/mol. The van der Waals surface area contributed by atoms with Gasteiger partial charge in [0.15, 0.2) is 0 Å². The highest BCUT2D eigenvalue weighted by molar-refractivity contribution is 8.13. The van der Waals surface area contributed by atoms with Gasteiger partial charge in [-0.15, -0.1) is 0 Å². The first kappa shape index (κ1) is 24.1. The highest BCUT2D eigenvalue weighted by atomic mass is 35.7. The van der Waals surface area contributed by atoms with E-state index in [9.17, 15) is 21.6 Å². The number of alkyl carbamates (subject to hydrolysis) is 1. The van der Waals surface area contributed by atoms with E-state index >= 15 is 0 Å². The Morgan fingerprint density at radius 2 is 1.72 bits per heavy atom. The lowest BCUT2D eigenvalue weighted by Crippen LogP contribution is -2.29. The van der Waals surface area contributed by atoms with E-state index in [0.717, 1.165) is 0 Å². The van der Waals surface area contributed by atoms with Gasteiger partial charge in [-0.25, -0.2) is 21.6 Å². The van der Waals surface area contributed by atoms with Gasteiger partial charge in [0.2, 0.25) is 9.84 Å². The lowest BCUT2D eigenvalue weighted by atomic mass is 10.2. The first-order chi connectivity index (χ1) is 15.2. The van der Waals surface area contributed by atoms with E-state index in [1.807, 2.05) is 0 Å². The van der Waals surface area contributed by atoms with Crippen molar-refractivity contribution in [2.45, 2.75) is 9.79 Å². The quantitative estimate of drug-likeness (QED) is 0.389. The normalized spacial score (nSPS) is 14.3. The molecule has 0 spiro atoms. The predicted octanol–water partition coefficient (Wildman–Crippen LogP) is 2.56. The number of carbonyl (C=O) groups is 1. The number of sulfone groups is 1. The summed E-state index contributed by atoms with van der Waals surface area (Å²) in [5.74, 6) is 0.456. The summed E-state index contributed by atoms with van der Waals surface area (Å²) in [5.41, 5.74) is 0.571. The maximum atomic E-state index is 12.4. The van der Waals surface area contributed by atoms with Gasteiger partial charge in [0.25, 0.3) is 9.05 Å². The molecule has 0 saturated heterocycles. The molecule has 0 unspecified atom stereocenters. The first-order valence-electron chi connectivity index (χ1n) is 9.38. The van der Waals surface area contributed by atoms with Crippen LogP contribution < -0.4 is 10.1 Å². The standard InChI is InChI=1S/C20H20ClNO8S2/c21-32(26,27)17-7-5-16(6-8-17)29-12-11-28-10-9-22-20(23)30-14-18-13-15-3-1-2-4-19(15)31(18,24)25/h1-8,13H,9-12,14H2,(H,22,23). The van der Waals surface area contributed by atoms with Gasteiger partial charge in [-0.1, -0.05) is 18.2 Å². The van der Waals surface area contributed by atoms with Gasteiger partial charge < -0.3 is 19.5 Å². The topological polar surface area (TPSA) is 125 Å². The number of halogens is 1. The van der Waals surface area contributed by atoms with Crippen LogP contribution in [0.15, 0.2) is 63.2 Å². The van der Waals surface area contributed by atoms with Gasteiger partial charge in [-0.05, 0) is 42.0 Å². The lowest BCUT2D eigenvalue weighted by Gasteiger charge is -2.09. The molecule has 1 N–H and O–H groups in total. The van der Waals surface area contributed by atoms with E-state index in [1.165, 1.54) is 36.4 Å². The molecule has 0 bridgehead atoms. The largest absolute Gasteiger partial charge is 0.491 e. The van der Waals surface area contributed by atoms with Gasteiger partial charge in [0, 0.05) is 17.2 Å². The van der Waals surface area contributed by atoms with E-state index in [4.69, 9.17) is 24.9 Å². The molecule has 0 aromatic heterocycles. The number of hydrogen-bond donors (Lipinski definition) is 1. The Bertz CT molecular complexity index is 1210. The molecule has 1 aliphatic rings. The fraction of sp³-hybridized carbons (Fsp3) is 0.250. The van der Waals surface area contributed by atoms with Crippen LogP contribution in [0.3, 0.4) is 0 Å². The van der Waals surface area contributed by atoms with Gasteiger partial charge in [0.05, 0.1) is 27.9 Å². The Morgan fingerprint density at radius 3 is 2.41 bits per heavy atom. The second-order valence-electron chi connectivity index (χ2n) is 6.52. The highest BCUT2D eigenvalue weighted by Gasteiger charge is 2.29. The minimum Gasteiger partial charge on any atom is -0.491 e. The first-order valence-corrected chi connectivity index (χ1v) is 13.2. The van der Waals surface area contributed by atoms with Crippen LogP contribution in [-0.4, -0.2) is 55.9 Å². The average Bonchev–Trinajstić information content (AvgIpc) is 3.01. The molecule has 2 aromatic rings. The van der Waals surface area contributed by atoms with Gasteiger partial charge in [-0.3, -0.25) is 0 Å². The fourth-order valence-corrected chi connectivity index (χ4v) is 5.03. The molecule has 3 rings (SSSR count). The fourth-order valence-electron chi connectivity index (χ4n) is 2.79. The Kier molecular flexibility index (Phi) is 7.77. The van der Waals surface area contributed by atoms with Crippen molar-refractivity contribution in [3.63, 3.8) is 0 Å². The summed E-state index contributed by atoms with van der Waals surface area (Å²) in [6.45, 7) is 0.433. The van der Waals surface area contributed by atoms with Crippen LogP contribution in [0, 0.1) is 0 Å². The number of hydrogen-bond acceptors (Lipinski definition) is 8. The second kappa shape index (κ2) is 10.3. The van der Waals surface area contributed by atoms with Crippen molar-refractivity contribution in [2.24, 2.45) is 0 Å². The zero-order chi connectivity index (χ0) is 23.2. The zero-order valence-corrected chi connectivity index (χ0v) is 19.1. The number of carbonyl (C=O) groups excluding carboxylic acids is 1. The van der Waals surface area contributed by atoms with Crippen LogP contribution in [0.1, 0.15) is 5.56 Å². The van der Waals surface area contributed by atoms with Crippen molar-refractivity contribution in [3.05, 3.63) is 59.0 Å². The number of amides is 1. The van der Waals surface area contributed by atoms with Crippen LogP contribution in [0.25, 0.3) is 6.08 Å². The van der Waals surface area contributed by atoms with E-state index in [-0.39, 0.29) is 47.7 Å². The van der Waals surface area contributed by atoms with Crippen molar-refractivity contribution in [2.75, 3.05) is 33.0 Å². The molecule has 12 heteroatoms. The number of benzene rings is 2. The van der Waals surface area contributed by atoms with Crippen molar-refractivity contribution in [3.8, 4) is 5.75 Å². The summed E-state index contributed by atoms with van der Waals surface area (Å²) in [4.78, 5) is 12.0. The van der Waals surface area contributed by atoms with Crippen molar-refractivity contribution < 1.29 is 35.8 Å². The molecule has 0 atom stereocenters. The molecule has 172 valence electrons. The molecule has 1 aliphatic heterocycles. The molecule has 32 heavy (non-hydrogen) atoms. The van der Waals surface area contributed by atoms with Crippen LogP contribution in [0.5, 0.6) is 5.75 Å². The van der Waals surface area contributed by atoms with Gasteiger partial charge in [-0.2, -0.15) is 0 Å². The summed E-state index contributed by atoms with van der Waals surface area (Å²) in [6, 6.07) is 12.2. The SMILES string of the molecule is O=C(NCCOCCOc1ccc(S(=O)(=O)Cl)cc1)OCC1=Cc2ccccc2S1(=O)=O.